The minimum Gasteiger partial charge on any atom is -0.366 e. The summed E-state index contributed by atoms with van der Waals surface area (Å²) in [6.07, 6.45) is 10.3. The van der Waals surface area contributed by atoms with Crippen molar-refractivity contribution in [2.45, 2.75) is 57.5 Å². The van der Waals surface area contributed by atoms with Gasteiger partial charge in [0, 0.05) is 30.0 Å². The number of nitrogens with zero attached hydrogens (tertiary/aromatic N) is 2. The first-order chi connectivity index (χ1) is 16.6. The molecule has 4 unspecified atom stereocenters. The lowest BCUT2D eigenvalue weighted by Gasteiger charge is -2.46. The van der Waals surface area contributed by atoms with E-state index in [0.717, 1.165) is 40.7 Å². The molecular formula is C28H32ClFN4. The number of benzene rings is 1. The Balaban J connectivity index is 1.28. The van der Waals surface area contributed by atoms with Crippen molar-refractivity contribution >= 4 is 17.4 Å². The van der Waals surface area contributed by atoms with Crippen LogP contribution in [0.4, 0.5) is 10.2 Å². The van der Waals surface area contributed by atoms with Crippen LogP contribution in [0.25, 0.3) is 11.3 Å². The Morgan fingerprint density at radius 2 is 1.85 bits per heavy atom. The molecule has 2 aliphatic carbocycles. The monoisotopic (exact) mass is 478 g/mol. The van der Waals surface area contributed by atoms with Crippen LogP contribution in [-0.4, -0.2) is 16.0 Å². The Labute approximate surface area is 206 Å². The van der Waals surface area contributed by atoms with Crippen molar-refractivity contribution in [2.75, 3.05) is 5.32 Å². The standard InChI is InChI=1S/C28H32ClFN4/c29-25-17-32-21(14-19-11-12-22(19)23-7-1-2-8-26(23)31)15-24(25)27-9-4-10-28(34-27)33-16-18-5-3-6-20(30)13-18/h3-6,9-10,13,15,17,19,22-23,26H,1-2,7-8,11-12,14,16,31H2,(H,33,34). The van der Waals surface area contributed by atoms with Gasteiger partial charge in [0.25, 0.3) is 0 Å². The maximum Gasteiger partial charge on any atom is 0.126 e. The predicted octanol–water partition coefficient (Wildman–Crippen LogP) is 6.63. The van der Waals surface area contributed by atoms with E-state index >= 15 is 0 Å². The Hall–Kier alpha value is -2.50. The number of halogens is 2. The van der Waals surface area contributed by atoms with Gasteiger partial charge in [-0.05, 0) is 85.8 Å². The molecule has 0 aliphatic heterocycles. The van der Waals surface area contributed by atoms with E-state index < -0.39 is 0 Å². The molecule has 0 saturated heterocycles. The number of hydrogen-bond acceptors (Lipinski definition) is 4. The number of aromatic nitrogens is 2. The molecule has 0 spiro atoms. The minimum atomic E-state index is -0.240. The van der Waals surface area contributed by atoms with Crippen molar-refractivity contribution < 1.29 is 4.39 Å². The van der Waals surface area contributed by atoms with Crippen molar-refractivity contribution in [3.8, 4) is 11.3 Å². The Kier molecular flexibility index (Phi) is 7.12. The van der Waals surface area contributed by atoms with Crippen LogP contribution in [0.3, 0.4) is 0 Å². The third kappa shape index (κ3) is 5.26. The first kappa shape index (κ1) is 23.3. The highest BCUT2D eigenvalue weighted by molar-refractivity contribution is 6.33. The smallest absolute Gasteiger partial charge is 0.126 e. The zero-order valence-electron chi connectivity index (χ0n) is 19.4. The predicted molar refractivity (Wildman–Crippen MR) is 136 cm³/mol. The van der Waals surface area contributed by atoms with E-state index in [1.165, 1.54) is 50.7 Å². The molecule has 2 heterocycles. The lowest BCUT2D eigenvalue weighted by Crippen LogP contribution is -2.44. The van der Waals surface area contributed by atoms with Gasteiger partial charge in [0.15, 0.2) is 0 Å². The van der Waals surface area contributed by atoms with Crippen LogP contribution < -0.4 is 11.1 Å². The van der Waals surface area contributed by atoms with Crippen LogP contribution in [0.2, 0.25) is 5.02 Å². The van der Waals surface area contributed by atoms with Crippen LogP contribution in [0.5, 0.6) is 0 Å². The molecule has 2 saturated carbocycles. The number of rotatable bonds is 7. The average Bonchev–Trinajstić information content (AvgIpc) is 2.83. The highest BCUT2D eigenvalue weighted by atomic mass is 35.5. The highest BCUT2D eigenvalue weighted by Crippen LogP contribution is 2.46. The summed E-state index contributed by atoms with van der Waals surface area (Å²) in [6.45, 7) is 0.496. The van der Waals surface area contributed by atoms with E-state index in [-0.39, 0.29) is 5.82 Å². The van der Waals surface area contributed by atoms with E-state index in [0.29, 0.717) is 29.4 Å². The second-order valence-corrected chi connectivity index (χ2v) is 10.3. The zero-order chi connectivity index (χ0) is 23.5. The fourth-order valence-electron chi connectivity index (χ4n) is 5.71. The maximum absolute atomic E-state index is 13.5. The first-order valence-electron chi connectivity index (χ1n) is 12.4. The second-order valence-electron chi connectivity index (χ2n) is 9.86. The Morgan fingerprint density at radius 1 is 1.00 bits per heavy atom. The van der Waals surface area contributed by atoms with Gasteiger partial charge >= 0.3 is 0 Å². The van der Waals surface area contributed by atoms with Gasteiger partial charge < -0.3 is 11.1 Å². The lowest BCUT2D eigenvalue weighted by molar-refractivity contribution is 0.0659. The molecule has 0 radical (unpaired) electrons. The van der Waals surface area contributed by atoms with Gasteiger partial charge in [-0.25, -0.2) is 9.37 Å². The molecule has 0 amide bonds. The van der Waals surface area contributed by atoms with Crippen molar-refractivity contribution in [2.24, 2.45) is 23.5 Å². The third-order valence-electron chi connectivity index (χ3n) is 7.67. The fraction of sp³-hybridized carbons (Fsp3) is 0.429. The number of hydrogen-bond donors (Lipinski definition) is 2. The Morgan fingerprint density at radius 3 is 2.65 bits per heavy atom. The van der Waals surface area contributed by atoms with Crippen molar-refractivity contribution in [1.82, 2.24) is 9.97 Å². The Bertz CT molecular complexity index is 1140. The summed E-state index contributed by atoms with van der Waals surface area (Å²) in [5.41, 5.74) is 10.1. The molecule has 34 heavy (non-hydrogen) atoms. The molecule has 4 nitrogen and oxygen atoms in total. The molecule has 4 atom stereocenters. The van der Waals surface area contributed by atoms with Crippen LogP contribution in [0, 0.1) is 23.6 Å². The van der Waals surface area contributed by atoms with Gasteiger partial charge in [0.05, 0.1) is 10.7 Å². The van der Waals surface area contributed by atoms with Crippen molar-refractivity contribution in [1.29, 1.82) is 0 Å². The molecule has 2 aromatic heterocycles. The van der Waals surface area contributed by atoms with Crippen LogP contribution in [0.1, 0.15) is 49.8 Å². The summed E-state index contributed by atoms with van der Waals surface area (Å²) < 4.78 is 13.5. The van der Waals surface area contributed by atoms with Crippen molar-refractivity contribution in [3.63, 3.8) is 0 Å². The minimum absolute atomic E-state index is 0.240. The summed E-state index contributed by atoms with van der Waals surface area (Å²) in [6, 6.07) is 14.9. The highest BCUT2D eigenvalue weighted by Gasteiger charge is 2.40. The van der Waals surface area contributed by atoms with Gasteiger partial charge in [-0.2, -0.15) is 0 Å². The molecule has 3 N–H and O–H groups in total. The summed E-state index contributed by atoms with van der Waals surface area (Å²) in [5, 5.41) is 3.88. The summed E-state index contributed by atoms with van der Waals surface area (Å²) in [7, 11) is 0. The van der Waals surface area contributed by atoms with E-state index in [2.05, 4.69) is 16.4 Å². The van der Waals surface area contributed by atoms with E-state index in [1.54, 1.807) is 12.3 Å². The summed E-state index contributed by atoms with van der Waals surface area (Å²) >= 11 is 6.55. The zero-order valence-corrected chi connectivity index (χ0v) is 20.1. The van der Waals surface area contributed by atoms with Crippen molar-refractivity contribution in [3.05, 3.63) is 76.8 Å². The number of nitrogens with one attached hydrogen (secondary N) is 1. The first-order valence-corrected chi connectivity index (χ1v) is 12.8. The van der Waals surface area contributed by atoms with E-state index in [1.807, 2.05) is 24.3 Å². The van der Waals surface area contributed by atoms with Gasteiger partial charge in [-0.15, -0.1) is 0 Å². The van der Waals surface area contributed by atoms with Gasteiger partial charge in [0.2, 0.25) is 0 Å². The number of pyridine rings is 2. The molecule has 178 valence electrons. The number of nitrogens with two attached hydrogens (primary N) is 1. The normalized spacial score (nSPS) is 24.4. The molecular weight excluding hydrogens is 447 g/mol. The third-order valence-corrected chi connectivity index (χ3v) is 7.97. The molecule has 6 heteroatoms. The van der Waals surface area contributed by atoms with E-state index in [9.17, 15) is 4.39 Å². The van der Waals surface area contributed by atoms with Gasteiger partial charge in [-0.1, -0.05) is 42.6 Å². The SMILES string of the molecule is NC1CCCCC1C1CCC1Cc1cc(-c2cccc(NCc3cccc(F)c3)n2)c(Cl)cn1. The molecule has 2 aliphatic rings. The molecule has 5 rings (SSSR count). The average molecular weight is 479 g/mol. The largest absolute Gasteiger partial charge is 0.366 e. The lowest BCUT2D eigenvalue weighted by atomic mass is 9.61. The molecule has 0 bridgehead atoms. The fourth-order valence-corrected chi connectivity index (χ4v) is 5.91. The van der Waals surface area contributed by atoms with Crippen LogP contribution in [-0.2, 0) is 13.0 Å². The van der Waals surface area contributed by atoms with Crippen LogP contribution >= 0.6 is 11.6 Å². The van der Waals surface area contributed by atoms with E-state index in [4.69, 9.17) is 22.3 Å². The van der Waals surface area contributed by atoms with Crippen LogP contribution in [0.15, 0.2) is 54.7 Å². The number of anilines is 1. The molecule has 1 aromatic carbocycles. The molecule has 3 aromatic rings. The summed E-state index contributed by atoms with van der Waals surface area (Å²) in [4.78, 5) is 9.41. The van der Waals surface area contributed by atoms with Gasteiger partial charge in [0.1, 0.15) is 11.6 Å². The summed E-state index contributed by atoms with van der Waals surface area (Å²) in [5.74, 6) is 2.53. The topological polar surface area (TPSA) is 63.8 Å². The quantitative estimate of drug-likeness (QED) is 0.399. The molecule has 2 fully saturated rings. The maximum atomic E-state index is 13.5. The van der Waals surface area contributed by atoms with Gasteiger partial charge in [-0.3, -0.25) is 4.98 Å². The second kappa shape index (κ2) is 10.4.